The Bertz CT molecular complexity index is 1570. The van der Waals surface area contributed by atoms with Crippen molar-refractivity contribution in [2.24, 2.45) is 11.3 Å². The molecule has 2 saturated heterocycles. The van der Waals surface area contributed by atoms with Gasteiger partial charge in [0.1, 0.15) is 11.9 Å². The van der Waals surface area contributed by atoms with Crippen molar-refractivity contribution >= 4 is 34.5 Å². The Kier molecular flexibility index (Phi) is 7.36. The lowest BCUT2D eigenvalue weighted by Crippen LogP contribution is -2.55. The first-order chi connectivity index (χ1) is 19.8. The molecule has 1 unspecified atom stereocenters. The zero-order valence-corrected chi connectivity index (χ0v) is 23.2. The van der Waals surface area contributed by atoms with E-state index in [-0.39, 0.29) is 37.7 Å². The zero-order chi connectivity index (χ0) is 30.6. The molecule has 0 bridgehead atoms. The number of likely N-dealkylation sites (tertiary alicyclic amines) is 2. The standard InChI is InChI=1S/C30H30F4N4O4/c1-16(2)24(36-25(39)19-14-17(30(32,33)34)8-9-21(19)31)27(41)38-12-10-29(11-13-38)23(26(40)37(3)28(29)42)20-15-35-22-7-5-4-6-18(20)22/h4-9,14-16,23-24,35H,10-13H2,1-3H3,(H,36,39)/t23?,24-/m1/s1. The Morgan fingerprint density at radius 2 is 1.74 bits per heavy atom. The Morgan fingerprint density at radius 3 is 2.38 bits per heavy atom. The van der Waals surface area contributed by atoms with Gasteiger partial charge >= 0.3 is 6.18 Å². The van der Waals surface area contributed by atoms with Gasteiger partial charge in [-0.05, 0) is 48.6 Å². The van der Waals surface area contributed by atoms with Gasteiger partial charge in [0, 0.05) is 37.2 Å². The van der Waals surface area contributed by atoms with Crippen LogP contribution in [0.4, 0.5) is 17.6 Å². The molecule has 2 atom stereocenters. The molecule has 0 saturated carbocycles. The van der Waals surface area contributed by atoms with Crippen LogP contribution in [0, 0.1) is 17.2 Å². The Hall–Kier alpha value is -4.22. The van der Waals surface area contributed by atoms with Crippen molar-refractivity contribution in [3.63, 3.8) is 0 Å². The summed E-state index contributed by atoms with van der Waals surface area (Å²) in [6.07, 6.45) is -2.65. The third kappa shape index (κ3) is 4.82. The van der Waals surface area contributed by atoms with E-state index >= 15 is 0 Å². The van der Waals surface area contributed by atoms with Crippen LogP contribution in [-0.2, 0) is 20.6 Å². The minimum Gasteiger partial charge on any atom is -0.361 e. The number of amides is 4. The molecule has 1 aromatic heterocycles. The number of imide groups is 1. The van der Waals surface area contributed by atoms with E-state index in [1.807, 2.05) is 24.3 Å². The van der Waals surface area contributed by atoms with Crippen molar-refractivity contribution in [2.45, 2.75) is 44.8 Å². The molecule has 2 aliphatic rings. The molecule has 2 aromatic carbocycles. The largest absolute Gasteiger partial charge is 0.416 e. The van der Waals surface area contributed by atoms with E-state index in [9.17, 15) is 36.7 Å². The van der Waals surface area contributed by atoms with Crippen LogP contribution in [0.1, 0.15) is 54.1 Å². The number of benzene rings is 2. The number of nitrogens with zero attached hydrogens (tertiary/aromatic N) is 2. The van der Waals surface area contributed by atoms with Gasteiger partial charge in [0.25, 0.3) is 5.91 Å². The van der Waals surface area contributed by atoms with Crippen LogP contribution in [0.15, 0.2) is 48.7 Å². The molecule has 3 aromatic rings. The first-order valence-electron chi connectivity index (χ1n) is 13.6. The van der Waals surface area contributed by atoms with E-state index in [1.165, 1.54) is 11.9 Å². The maximum absolute atomic E-state index is 14.3. The molecule has 4 amide bonds. The van der Waals surface area contributed by atoms with E-state index in [4.69, 9.17) is 0 Å². The number of alkyl halides is 3. The highest BCUT2D eigenvalue weighted by molar-refractivity contribution is 6.11. The van der Waals surface area contributed by atoms with Gasteiger partial charge in [0.05, 0.1) is 22.5 Å². The van der Waals surface area contributed by atoms with Crippen molar-refractivity contribution in [3.8, 4) is 0 Å². The lowest BCUT2D eigenvalue weighted by molar-refractivity contribution is -0.144. The fourth-order valence-electron chi connectivity index (χ4n) is 6.18. The lowest BCUT2D eigenvalue weighted by atomic mass is 9.67. The number of carbonyl (C=O) groups excluding carboxylic acids is 4. The summed E-state index contributed by atoms with van der Waals surface area (Å²) in [5.41, 5.74) is -1.53. The summed E-state index contributed by atoms with van der Waals surface area (Å²) >= 11 is 0. The smallest absolute Gasteiger partial charge is 0.361 e. The Labute approximate surface area is 239 Å². The third-order valence-corrected chi connectivity index (χ3v) is 8.52. The predicted molar refractivity (Wildman–Crippen MR) is 145 cm³/mol. The molecule has 0 aliphatic carbocycles. The van der Waals surface area contributed by atoms with Crippen LogP contribution in [0.3, 0.4) is 0 Å². The van der Waals surface area contributed by atoms with E-state index in [2.05, 4.69) is 10.3 Å². The van der Waals surface area contributed by atoms with Gasteiger partial charge in [-0.1, -0.05) is 32.0 Å². The van der Waals surface area contributed by atoms with E-state index in [0.29, 0.717) is 23.8 Å². The lowest BCUT2D eigenvalue weighted by Gasteiger charge is -2.41. The fraction of sp³-hybridized carbons (Fsp3) is 0.400. The van der Waals surface area contributed by atoms with Gasteiger partial charge in [-0.25, -0.2) is 4.39 Å². The third-order valence-electron chi connectivity index (χ3n) is 8.52. The average Bonchev–Trinajstić information content (AvgIpc) is 3.44. The number of hydrogen-bond acceptors (Lipinski definition) is 4. The van der Waals surface area contributed by atoms with Gasteiger partial charge in [-0.2, -0.15) is 13.2 Å². The molecule has 3 heterocycles. The first-order valence-corrected chi connectivity index (χ1v) is 13.6. The van der Waals surface area contributed by atoms with Crippen LogP contribution in [0.5, 0.6) is 0 Å². The van der Waals surface area contributed by atoms with Crippen LogP contribution in [0.2, 0.25) is 0 Å². The number of likely N-dealkylation sites (N-methyl/N-ethyl adjacent to an activating group) is 1. The molecule has 2 fully saturated rings. The summed E-state index contributed by atoms with van der Waals surface area (Å²) < 4.78 is 53.8. The maximum atomic E-state index is 14.3. The molecule has 0 radical (unpaired) electrons. The summed E-state index contributed by atoms with van der Waals surface area (Å²) in [5.74, 6) is -4.65. The number of H-pyrrole nitrogens is 1. The molecule has 1 spiro atoms. The zero-order valence-electron chi connectivity index (χ0n) is 23.2. The molecular formula is C30H30F4N4O4. The van der Waals surface area contributed by atoms with E-state index < -0.39 is 58.2 Å². The quantitative estimate of drug-likeness (QED) is 0.340. The predicted octanol–water partition coefficient (Wildman–Crippen LogP) is 4.47. The minimum absolute atomic E-state index is 0.113. The summed E-state index contributed by atoms with van der Waals surface area (Å²) in [6.45, 7) is 3.53. The molecule has 2 N–H and O–H groups in total. The highest BCUT2D eigenvalue weighted by Crippen LogP contribution is 2.52. The number of hydrogen-bond donors (Lipinski definition) is 2. The summed E-state index contributed by atoms with van der Waals surface area (Å²) in [4.78, 5) is 59.1. The second-order valence-corrected chi connectivity index (χ2v) is 11.3. The Balaban J connectivity index is 1.36. The second-order valence-electron chi connectivity index (χ2n) is 11.3. The summed E-state index contributed by atoms with van der Waals surface area (Å²) in [7, 11) is 1.45. The monoisotopic (exact) mass is 586 g/mol. The number of aromatic nitrogens is 1. The number of nitrogens with one attached hydrogen (secondary N) is 2. The molecule has 42 heavy (non-hydrogen) atoms. The van der Waals surface area contributed by atoms with Crippen molar-refractivity contribution < 1.29 is 36.7 Å². The van der Waals surface area contributed by atoms with Crippen molar-refractivity contribution in [1.29, 1.82) is 0 Å². The van der Waals surface area contributed by atoms with Gasteiger partial charge in [-0.15, -0.1) is 0 Å². The molecule has 222 valence electrons. The van der Waals surface area contributed by atoms with Crippen LogP contribution >= 0.6 is 0 Å². The molecular weight excluding hydrogens is 556 g/mol. The van der Waals surface area contributed by atoms with Crippen molar-refractivity contribution in [3.05, 3.63) is 71.2 Å². The van der Waals surface area contributed by atoms with Gasteiger partial charge < -0.3 is 15.2 Å². The van der Waals surface area contributed by atoms with Crippen molar-refractivity contribution in [2.75, 3.05) is 20.1 Å². The second kappa shape index (κ2) is 10.6. The number of rotatable bonds is 5. The molecule has 5 rings (SSSR count). The van der Waals surface area contributed by atoms with Gasteiger partial charge in [-0.3, -0.25) is 24.1 Å². The number of halogens is 4. The SMILES string of the molecule is CC(C)[C@@H](NC(=O)c1cc(C(F)(F)F)ccc1F)C(=O)N1CCC2(CC1)C(=O)N(C)C(=O)C2c1c[nH]c2ccccc12. The van der Waals surface area contributed by atoms with Crippen LogP contribution in [-0.4, -0.2) is 64.6 Å². The highest BCUT2D eigenvalue weighted by Gasteiger charge is 2.60. The topological polar surface area (TPSA) is 103 Å². The van der Waals surface area contributed by atoms with E-state index in [0.717, 1.165) is 15.8 Å². The fourth-order valence-corrected chi connectivity index (χ4v) is 6.18. The van der Waals surface area contributed by atoms with Crippen molar-refractivity contribution in [1.82, 2.24) is 20.1 Å². The van der Waals surface area contributed by atoms with E-state index in [1.54, 1.807) is 20.0 Å². The number of piperidine rings is 1. The molecule has 12 heteroatoms. The minimum atomic E-state index is -4.78. The summed E-state index contributed by atoms with van der Waals surface area (Å²) in [6, 6.07) is 7.84. The average molecular weight is 587 g/mol. The highest BCUT2D eigenvalue weighted by atomic mass is 19.4. The molecule has 8 nitrogen and oxygen atoms in total. The normalized spacial score (nSPS) is 19.7. The number of fused-ring (bicyclic) bond motifs is 1. The van der Waals surface area contributed by atoms with Gasteiger partial charge in [0.2, 0.25) is 17.7 Å². The number of aromatic amines is 1. The first kappa shape index (κ1) is 29.3. The molecule has 2 aliphatic heterocycles. The van der Waals surface area contributed by atoms with Crippen LogP contribution in [0.25, 0.3) is 10.9 Å². The Morgan fingerprint density at radius 1 is 1.07 bits per heavy atom. The summed E-state index contributed by atoms with van der Waals surface area (Å²) in [5, 5.41) is 3.25. The maximum Gasteiger partial charge on any atom is 0.416 e. The number of carbonyl (C=O) groups is 4. The van der Waals surface area contributed by atoms with Crippen LogP contribution < -0.4 is 5.32 Å². The van der Waals surface area contributed by atoms with Gasteiger partial charge in [0.15, 0.2) is 0 Å². The number of para-hydroxylation sites is 1.